The minimum atomic E-state index is 0.264. The molecular weight excluding hydrogens is 164 g/mol. The maximum absolute atomic E-state index is 11.6. The zero-order valence-electron chi connectivity index (χ0n) is 8.62. The van der Waals surface area contributed by atoms with Gasteiger partial charge in [0.05, 0.1) is 0 Å². The highest BCUT2D eigenvalue weighted by atomic mass is 16.2. The quantitative estimate of drug-likeness (QED) is 0.692. The SMILES string of the molecule is CCC(CN)CC(=O)N(C)C1CC1. The van der Waals surface area contributed by atoms with E-state index in [0.29, 0.717) is 24.9 Å². The summed E-state index contributed by atoms with van der Waals surface area (Å²) >= 11 is 0. The molecule has 1 aliphatic rings. The molecular formula is C10H20N2O. The molecule has 1 rings (SSSR count). The summed E-state index contributed by atoms with van der Waals surface area (Å²) in [6, 6.07) is 0.530. The van der Waals surface area contributed by atoms with Crippen molar-refractivity contribution >= 4 is 5.91 Å². The Bertz CT molecular complexity index is 174. The van der Waals surface area contributed by atoms with Gasteiger partial charge in [0.25, 0.3) is 0 Å². The Kier molecular flexibility index (Phi) is 3.72. The first-order chi connectivity index (χ1) is 6.19. The third kappa shape index (κ3) is 2.99. The minimum Gasteiger partial charge on any atom is -0.343 e. The summed E-state index contributed by atoms with van der Waals surface area (Å²) in [7, 11) is 1.91. The predicted molar refractivity (Wildman–Crippen MR) is 53.2 cm³/mol. The second kappa shape index (κ2) is 4.61. The number of nitrogens with zero attached hydrogens (tertiary/aromatic N) is 1. The van der Waals surface area contributed by atoms with Crippen LogP contribution in [0.3, 0.4) is 0 Å². The number of hydrogen-bond acceptors (Lipinski definition) is 2. The lowest BCUT2D eigenvalue weighted by Gasteiger charge is -2.19. The van der Waals surface area contributed by atoms with Crippen LogP contribution in [0.2, 0.25) is 0 Å². The van der Waals surface area contributed by atoms with Crippen LogP contribution < -0.4 is 5.73 Å². The highest BCUT2D eigenvalue weighted by Crippen LogP contribution is 2.26. The van der Waals surface area contributed by atoms with Crippen molar-refractivity contribution in [3.63, 3.8) is 0 Å². The van der Waals surface area contributed by atoms with Gasteiger partial charge in [-0.3, -0.25) is 4.79 Å². The topological polar surface area (TPSA) is 46.3 Å². The van der Waals surface area contributed by atoms with Gasteiger partial charge in [-0.05, 0) is 25.3 Å². The van der Waals surface area contributed by atoms with Gasteiger partial charge in [-0.1, -0.05) is 13.3 Å². The molecule has 0 heterocycles. The Balaban J connectivity index is 2.29. The van der Waals surface area contributed by atoms with Gasteiger partial charge in [0, 0.05) is 19.5 Å². The lowest BCUT2D eigenvalue weighted by atomic mass is 10.0. The van der Waals surface area contributed by atoms with Crippen molar-refractivity contribution in [1.29, 1.82) is 0 Å². The lowest BCUT2D eigenvalue weighted by molar-refractivity contribution is -0.131. The summed E-state index contributed by atoms with van der Waals surface area (Å²) in [5.41, 5.74) is 5.55. The minimum absolute atomic E-state index is 0.264. The van der Waals surface area contributed by atoms with E-state index in [2.05, 4.69) is 6.92 Å². The van der Waals surface area contributed by atoms with Crippen molar-refractivity contribution in [3.8, 4) is 0 Å². The Morgan fingerprint density at radius 3 is 2.62 bits per heavy atom. The number of nitrogens with two attached hydrogens (primary N) is 1. The zero-order chi connectivity index (χ0) is 9.84. The predicted octanol–water partition coefficient (Wildman–Crippen LogP) is 0.982. The van der Waals surface area contributed by atoms with E-state index in [1.54, 1.807) is 0 Å². The van der Waals surface area contributed by atoms with E-state index < -0.39 is 0 Å². The normalized spacial score (nSPS) is 18.4. The highest BCUT2D eigenvalue weighted by Gasteiger charge is 2.29. The van der Waals surface area contributed by atoms with Crippen LogP contribution in [0.4, 0.5) is 0 Å². The molecule has 1 saturated carbocycles. The maximum atomic E-state index is 11.6. The Hall–Kier alpha value is -0.570. The first-order valence-electron chi connectivity index (χ1n) is 5.14. The second-order valence-electron chi connectivity index (χ2n) is 3.95. The van der Waals surface area contributed by atoms with Gasteiger partial charge in [-0.15, -0.1) is 0 Å². The molecule has 0 aromatic rings. The highest BCUT2D eigenvalue weighted by molar-refractivity contribution is 5.76. The van der Waals surface area contributed by atoms with Crippen LogP contribution in [0.15, 0.2) is 0 Å². The molecule has 76 valence electrons. The summed E-state index contributed by atoms with van der Waals surface area (Å²) in [6.45, 7) is 2.71. The van der Waals surface area contributed by atoms with Crippen LogP contribution in [-0.4, -0.2) is 30.4 Å². The van der Waals surface area contributed by atoms with Gasteiger partial charge in [0.2, 0.25) is 5.91 Å². The average molecular weight is 184 g/mol. The molecule has 1 unspecified atom stereocenters. The molecule has 2 N–H and O–H groups in total. The molecule has 3 heteroatoms. The number of hydrogen-bond donors (Lipinski definition) is 1. The molecule has 0 aliphatic heterocycles. The zero-order valence-corrected chi connectivity index (χ0v) is 8.62. The van der Waals surface area contributed by atoms with Crippen LogP contribution >= 0.6 is 0 Å². The number of rotatable bonds is 5. The van der Waals surface area contributed by atoms with Crippen molar-refractivity contribution in [2.75, 3.05) is 13.6 Å². The molecule has 1 amide bonds. The van der Waals surface area contributed by atoms with Crippen LogP contribution in [0.5, 0.6) is 0 Å². The molecule has 0 saturated heterocycles. The van der Waals surface area contributed by atoms with E-state index in [1.807, 2.05) is 11.9 Å². The fourth-order valence-electron chi connectivity index (χ4n) is 1.45. The van der Waals surface area contributed by atoms with Crippen molar-refractivity contribution in [1.82, 2.24) is 4.90 Å². The van der Waals surface area contributed by atoms with E-state index in [4.69, 9.17) is 5.73 Å². The van der Waals surface area contributed by atoms with Crippen LogP contribution in [0.25, 0.3) is 0 Å². The Morgan fingerprint density at radius 1 is 1.62 bits per heavy atom. The Labute approximate surface area is 80.3 Å². The van der Waals surface area contributed by atoms with E-state index in [9.17, 15) is 4.79 Å². The molecule has 1 aliphatic carbocycles. The summed E-state index contributed by atoms with van der Waals surface area (Å²) in [4.78, 5) is 13.5. The van der Waals surface area contributed by atoms with E-state index in [1.165, 1.54) is 12.8 Å². The van der Waals surface area contributed by atoms with Crippen LogP contribution in [0.1, 0.15) is 32.6 Å². The number of amides is 1. The van der Waals surface area contributed by atoms with Crippen molar-refractivity contribution < 1.29 is 4.79 Å². The third-order valence-corrected chi connectivity index (χ3v) is 2.86. The first-order valence-corrected chi connectivity index (χ1v) is 5.14. The van der Waals surface area contributed by atoms with E-state index in [0.717, 1.165) is 6.42 Å². The first kappa shape index (κ1) is 10.5. The number of carbonyl (C=O) groups excluding carboxylic acids is 1. The molecule has 1 fully saturated rings. The standard InChI is InChI=1S/C10H20N2O/c1-3-8(7-11)6-10(13)12(2)9-4-5-9/h8-9H,3-7,11H2,1-2H3. The van der Waals surface area contributed by atoms with Gasteiger partial charge < -0.3 is 10.6 Å². The van der Waals surface area contributed by atoms with Gasteiger partial charge in [-0.2, -0.15) is 0 Å². The van der Waals surface area contributed by atoms with Crippen molar-refractivity contribution in [3.05, 3.63) is 0 Å². The summed E-state index contributed by atoms with van der Waals surface area (Å²) < 4.78 is 0. The lowest BCUT2D eigenvalue weighted by Crippen LogP contribution is -2.31. The van der Waals surface area contributed by atoms with Crippen LogP contribution in [-0.2, 0) is 4.79 Å². The van der Waals surface area contributed by atoms with Gasteiger partial charge in [-0.25, -0.2) is 0 Å². The molecule has 13 heavy (non-hydrogen) atoms. The average Bonchev–Trinajstić information content (AvgIpc) is 2.95. The molecule has 1 atom stereocenters. The summed E-state index contributed by atoms with van der Waals surface area (Å²) in [5.74, 6) is 0.633. The molecule has 0 spiro atoms. The monoisotopic (exact) mass is 184 g/mol. The Morgan fingerprint density at radius 2 is 2.23 bits per heavy atom. The van der Waals surface area contributed by atoms with Gasteiger partial charge >= 0.3 is 0 Å². The smallest absolute Gasteiger partial charge is 0.222 e. The largest absolute Gasteiger partial charge is 0.343 e. The van der Waals surface area contributed by atoms with Crippen molar-refractivity contribution in [2.24, 2.45) is 11.7 Å². The second-order valence-corrected chi connectivity index (χ2v) is 3.95. The number of carbonyl (C=O) groups is 1. The molecule has 0 radical (unpaired) electrons. The summed E-state index contributed by atoms with van der Waals surface area (Å²) in [6.07, 6.45) is 3.99. The van der Waals surface area contributed by atoms with Gasteiger partial charge in [0.15, 0.2) is 0 Å². The maximum Gasteiger partial charge on any atom is 0.222 e. The molecule has 3 nitrogen and oxygen atoms in total. The fraction of sp³-hybridized carbons (Fsp3) is 0.900. The fourth-order valence-corrected chi connectivity index (χ4v) is 1.45. The molecule has 0 bridgehead atoms. The van der Waals surface area contributed by atoms with Crippen molar-refractivity contribution in [2.45, 2.75) is 38.6 Å². The molecule has 0 aromatic heterocycles. The van der Waals surface area contributed by atoms with Crippen LogP contribution in [0, 0.1) is 5.92 Å². The van der Waals surface area contributed by atoms with E-state index in [-0.39, 0.29) is 5.91 Å². The third-order valence-electron chi connectivity index (χ3n) is 2.86. The molecule has 0 aromatic carbocycles. The van der Waals surface area contributed by atoms with E-state index >= 15 is 0 Å². The summed E-state index contributed by atoms with van der Waals surface area (Å²) in [5, 5.41) is 0. The van der Waals surface area contributed by atoms with Gasteiger partial charge in [0.1, 0.15) is 0 Å².